The summed E-state index contributed by atoms with van der Waals surface area (Å²) in [5.74, 6) is -1.16. The second kappa shape index (κ2) is 5.97. The average Bonchev–Trinajstić information content (AvgIpc) is 2.35. The van der Waals surface area contributed by atoms with Gasteiger partial charge in [0.2, 0.25) is 5.91 Å². The van der Waals surface area contributed by atoms with Crippen LogP contribution < -0.4 is 5.73 Å². The van der Waals surface area contributed by atoms with Crippen molar-refractivity contribution in [2.45, 2.75) is 19.8 Å². The number of carbonyl (C=O) groups excluding carboxylic acids is 1. The van der Waals surface area contributed by atoms with E-state index in [4.69, 9.17) is 15.6 Å². The van der Waals surface area contributed by atoms with Crippen LogP contribution in [-0.2, 0) is 14.3 Å². The van der Waals surface area contributed by atoms with E-state index in [2.05, 4.69) is 0 Å². The molecule has 98 valence electrons. The maximum absolute atomic E-state index is 12.3. The number of likely N-dealkylation sites (N-methyl/N-ethyl adjacent to an activating group) is 1. The molecule has 1 amide bonds. The van der Waals surface area contributed by atoms with Crippen molar-refractivity contribution in [1.29, 1.82) is 0 Å². The van der Waals surface area contributed by atoms with Gasteiger partial charge in [-0.05, 0) is 19.8 Å². The molecule has 0 bridgehead atoms. The summed E-state index contributed by atoms with van der Waals surface area (Å²) >= 11 is 0. The van der Waals surface area contributed by atoms with Crippen LogP contribution in [0.25, 0.3) is 0 Å². The number of hydrogen-bond acceptors (Lipinski definition) is 4. The normalized spacial score (nSPS) is 18.7. The molecule has 1 fully saturated rings. The van der Waals surface area contributed by atoms with E-state index in [1.54, 1.807) is 6.92 Å². The minimum atomic E-state index is -1.00. The zero-order chi connectivity index (χ0) is 12.9. The number of nitrogens with zero attached hydrogens (tertiary/aromatic N) is 1. The SMILES string of the molecule is CCN(CC(=O)O)C(=O)C1(CN)CCOCC1. The maximum Gasteiger partial charge on any atom is 0.323 e. The number of carbonyl (C=O) groups is 2. The molecule has 17 heavy (non-hydrogen) atoms. The van der Waals surface area contributed by atoms with E-state index in [-0.39, 0.29) is 19.0 Å². The zero-order valence-electron chi connectivity index (χ0n) is 10.1. The molecule has 1 rings (SSSR count). The molecule has 0 aromatic heterocycles. The predicted molar refractivity (Wildman–Crippen MR) is 61.4 cm³/mol. The Labute approximate surface area is 101 Å². The van der Waals surface area contributed by atoms with Crippen LogP contribution in [0.15, 0.2) is 0 Å². The molecule has 1 saturated heterocycles. The quantitative estimate of drug-likeness (QED) is 0.691. The lowest BCUT2D eigenvalue weighted by Crippen LogP contribution is -2.51. The first-order chi connectivity index (χ1) is 8.05. The molecule has 6 nitrogen and oxygen atoms in total. The van der Waals surface area contributed by atoms with Gasteiger partial charge in [0.25, 0.3) is 0 Å². The van der Waals surface area contributed by atoms with Gasteiger partial charge >= 0.3 is 5.97 Å². The maximum atomic E-state index is 12.3. The summed E-state index contributed by atoms with van der Waals surface area (Å²) in [5, 5.41) is 8.77. The second-order valence-corrected chi connectivity index (χ2v) is 4.31. The predicted octanol–water partition coefficient (Wildman–Crippen LogP) is -0.325. The van der Waals surface area contributed by atoms with Crippen molar-refractivity contribution in [1.82, 2.24) is 4.90 Å². The summed E-state index contributed by atoms with van der Waals surface area (Å²) in [4.78, 5) is 24.4. The fourth-order valence-corrected chi connectivity index (χ4v) is 2.09. The molecule has 0 aromatic rings. The Morgan fingerprint density at radius 3 is 2.41 bits per heavy atom. The summed E-state index contributed by atoms with van der Waals surface area (Å²) in [6.45, 7) is 3.14. The molecule has 1 heterocycles. The zero-order valence-corrected chi connectivity index (χ0v) is 10.1. The first-order valence-corrected chi connectivity index (χ1v) is 5.84. The van der Waals surface area contributed by atoms with Crippen molar-refractivity contribution in [3.63, 3.8) is 0 Å². The van der Waals surface area contributed by atoms with Crippen LogP contribution in [0, 0.1) is 5.41 Å². The first kappa shape index (κ1) is 13.9. The largest absolute Gasteiger partial charge is 0.480 e. The van der Waals surface area contributed by atoms with Gasteiger partial charge in [-0.15, -0.1) is 0 Å². The number of carboxylic acids is 1. The highest BCUT2D eigenvalue weighted by Gasteiger charge is 2.41. The second-order valence-electron chi connectivity index (χ2n) is 4.31. The van der Waals surface area contributed by atoms with Crippen LogP contribution in [0.3, 0.4) is 0 Å². The Balaban J connectivity index is 2.78. The standard InChI is InChI=1S/C11H20N2O4/c1-2-13(7-9(14)15)10(16)11(8-12)3-5-17-6-4-11/h2-8,12H2,1H3,(H,14,15). The Hall–Kier alpha value is -1.14. The third-order valence-corrected chi connectivity index (χ3v) is 3.29. The number of ether oxygens (including phenoxy) is 1. The highest BCUT2D eigenvalue weighted by molar-refractivity contribution is 5.86. The fourth-order valence-electron chi connectivity index (χ4n) is 2.09. The molecule has 6 heteroatoms. The number of hydrogen-bond donors (Lipinski definition) is 2. The van der Waals surface area contributed by atoms with Crippen LogP contribution in [-0.4, -0.2) is 54.7 Å². The summed E-state index contributed by atoms with van der Waals surface area (Å²) in [7, 11) is 0. The number of carboxylic acid groups (broad SMARTS) is 1. The van der Waals surface area contributed by atoms with Gasteiger partial charge in [-0.3, -0.25) is 9.59 Å². The molecule has 0 spiro atoms. The topological polar surface area (TPSA) is 92.9 Å². The minimum Gasteiger partial charge on any atom is -0.480 e. The van der Waals surface area contributed by atoms with Gasteiger partial charge in [-0.2, -0.15) is 0 Å². The summed E-state index contributed by atoms with van der Waals surface area (Å²) < 4.78 is 5.23. The molecule has 0 saturated carbocycles. The Bertz CT molecular complexity index is 287. The molecule has 0 aliphatic carbocycles. The number of aliphatic carboxylic acids is 1. The Morgan fingerprint density at radius 1 is 1.41 bits per heavy atom. The van der Waals surface area contributed by atoms with Gasteiger partial charge in [0.1, 0.15) is 6.54 Å². The number of amides is 1. The van der Waals surface area contributed by atoms with Crippen LogP contribution in [0.2, 0.25) is 0 Å². The summed E-state index contributed by atoms with van der Waals surface area (Å²) in [5.41, 5.74) is 5.08. The van der Waals surface area contributed by atoms with E-state index < -0.39 is 11.4 Å². The molecule has 3 N–H and O–H groups in total. The molecule has 0 radical (unpaired) electrons. The van der Waals surface area contributed by atoms with E-state index in [0.717, 1.165) is 0 Å². The van der Waals surface area contributed by atoms with E-state index in [9.17, 15) is 9.59 Å². The molecule has 1 aliphatic heterocycles. The molecular weight excluding hydrogens is 224 g/mol. The van der Waals surface area contributed by atoms with Crippen LogP contribution in [0.1, 0.15) is 19.8 Å². The van der Waals surface area contributed by atoms with Crippen molar-refractivity contribution in [2.24, 2.45) is 11.1 Å². The van der Waals surface area contributed by atoms with E-state index in [1.807, 2.05) is 0 Å². The number of rotatable bonds is 5. The molecule has 1 aliphatic rings. The highest BCUT2D eigenvalue weighted by atomic mass is 16.5. The Kier molecular flexibility index (Phi) is 4.89. The van der Waals surface area contributed by atoms with Gasteiger partial charge in [0.15, 0.2) is 0 Å². The smallest absolute Gasteiger partial charge is 0.323 e. The lowest BCUT2D eigenvalue weighted by molar-refractivity contribution is -0.153. The van der Waals surface area contributed by atoms with Crippen molar-refractivity contribution in [3.8, 4) is 0 Å². The number of nitrogens with two attached hydrogens (primary N) is 1. The monoisotopic (exact) mass is 244 g/mol. The molecule has 0 unspecified atom stereocenters. The van der Waals surface area contributed by atoms with E-state index in [1.165, 1.54) is 4.90 Å². The van der Waals surface area contributed by atoms with E-state index in [0.29, 0.717) is 32.6 Å². The Morgan fingerprint density at radius 2 is 2.00 bits per heavy atom. The lowest BCUT2D eigenvalue weighted by Gasteiger charge is -2.38. The third-order valence-electron chi connectivity index (χ3n) is 3.29. The van der Waals surface area contributed by atoms with Gasteiger partial charge in [0.05, 0.1) is 5.41 Å². The third kappa shape index (κ3) is 3.17. The van der Waals surface area contributed by atoms with Crippen molar-refractivity contribution in [2.75, 3.05) is 32.8 Å². The average molecular weight is 244 g/mol. The summed E-state index contributed by atoms with van der Waals surface area (Å²) in [6.07, 6.45) is 1.14. The van der Waals surface area contributed by atoms with Gasteiger partial charge < -0.3 is 20.5 Å². The van der Waals surface area contributed by atoms with Gasteiger partial charge in [0, 0.05) is 26.3 Å². The van der Waals surface area contributed by atoms with Crippen molar-refractivity contribution in [3.05, 3.63) is 0 Å². The highest BCUT2D eigenvalue weighted by Crippen LogP contribution is 2.31. The van der Waals surface area contributed by atoms with Crippen LogP contribution in [0.5, 0.6) is 0 Å². The van der Waals surface area contributed by atoms with Crippen LogP contribution >= 0.6 is 0 Å². The van der Waals surface area contributed by atoms with Gasteiger partial charge in [-0.25, -0.2) is 0 Å². The summed E-state index contributed by atoms with van der Waals surface area (Å²) in [6, 6.07) is 0. The van der Waals surface area contributed by atoms with Crippen LogP contribution in [0.4, 0.5) is 0 Å². The van der Waals surface area contributed by atoms with Crippen molar-refractivity contribution < 1.29 is 19.4 Å². The molecule has 0 aromatic carbocycles. The van der Waals surface area contributed by atoms with Gasteiger partial charge in [-0.1, -0.05) is 0 Å². The lowest BCUT2D eigenvalue weighted by atomic mass is 9.79. The molecular formula is C11H20N2O4. The van der Waals surface area contributed by atoms with E-state index >= 15 is 0 Å². The molecule has 0 atom stereocenters. The minimum absolute atomic E-state index is 0.159. The van der Waals surface area contributed by atoms with Crippen molar-refractivity contribution >= 4 is 11.9 Å². The fraction of sp³-hybridized carbons (Fsp3) is 0.818. The first-order valence-electron chi connectivity index (χ1n) is 5.84.